The van der Waals surface area contributed by atoms with Crippen molar-refractivity contribution in [1.82, 2.24) is 5.32 Å². The highest BCUT2D eigenvalue weighted by molar-refractivity contribution is 6.01. The predicted octanol–water partition coefficient (Wildman–Crippen LogP) is 5.90. The molecule has 0 saturated heterocycles. The van der Waals surface area contributed by atoms with Crippen LogP contribution in [0.2, 0.25) is 0 Å². The number of nitrogens with one attached hydrogen (secondary N) is 1. The Balaban J connectivity index is 1.55. The van der Waals surface area contributed by atoms with Crippen molar-refractivity contribution >= 4 is 17.9 Å². The number of rotatable bonds is 13. The summed E-state index contributed by atoms with van der Waals surface area (Å²) >= 11 is 0. The van der Waals surface area contributed by atoms with Gasteiger partial charge in [0, 0.05) is 36.0 Å². The molecule has 0 radical (unpaired) electrons. The van der Waals surface area contributed by atoms with Crippen LogP contribution in [0.4, 0.5) is 0 Å². The quantitative estimate of drug-likeness (QED) is 0.119. The maximum Gasteiger partial charge on any atom is 0.252 e. The van der Waals surface area contributed by atoms with Gasteiger partial charge in [-0.25, -0.2) is 4.99 Å². The molecule has 0 aromatic heterocycles. The fraction of sp³-hybridized carbons (Fsp3) is 0.312. The van der Waals surface area contributed by atoms with Gasteiger partial charge in [-0.05, 0) is 59.3 Å². The minimum absolute atomic E-state index is 0.0645. The summed E-state index contributed by atoms with van der Waals surface area (Å²) in [6.45, 7) is 0.604. The van der Waals surface area contributed by atoms with Crippen LogP contribution in [0.25, 0.3) is 16.5 Å². The molecule has 9 heteroatoms. The number of nitrogens with zero attached hydrogens (tertiary/aromatic N) is 4. The number of hydrogen-bond donors (Lipinski definition) is 2. The average Bonchev–Trinajstić information content (AvgIpc) is 3.74. The summed E-state index contributed by atoms with van der Waals surface area (Å²) in [4.78, 5) is 22.1. The van der Waals surface area contributed by atoms with Crippen molar-refractivity contribution in [3.8, 4) is 5.75 Å². The van der Waals surface area contributed by atoms with Gasteiger partial charge < -0.3 is 19.9 Å². The highest BCUT2D eigenvalue weighted by atomic mass is 16.5. The van der Waals surface area contributed by atoms with E-state index in [0.29, 0.717) is 36.7 Å². The number of carbonyl (C=O) groups excluding carboxylic acids is 1. The number of carbonyl (C=O) groups is 1. The van der Waals surface area contributed by atoms with Crippen LogP contribution in [-0.2, 0) is 16.1 Å². The van der Waals surface area contributed by atoms with E-state index in [1.165, 1.54) is 0 Å². The molecule has 1 saturated carbocycles. The lowest BCUT2D eigenvalue weighted by atomic mass is 9.82. The summed E-state index contributed by atoms with van der Waals surface area (Å²) in [6, 6.07) is 24.9. The van der Waals surface area contributed by atoms with Crippen molar-refractivity contribution < 1.29 is 19.4 Å². The highest BCUT2D eigenvalue weighted by Crippen LogP contribution is 2.44. The van der Waals surface area contributed by atoms with Crippen molar-refractivity contribution in [2.75, 3.05) is 13.2 Å². The van der Waals surface area contributed by atoms with Crippen molar-refractivity contribution in [1.29, 1.82) is 0 Å². The summed E-state index contributed by atoms with van der Waals surface area (Å²) < 4.78 is 12.3. The Hall–Kier alpha value is -4.59. The van der Waals surface area contributed by atoms with Gasteiger partial charge in [0.2, 0.25) is 5.90 Å². The number of azide groups is 1. The van der Waals surface area contributed by atoms with E-state index in [9.17, 15) is 4.79 Å². The first kappa shape index (κ1) is 28.0. The molecule has 2 aliphatic rings. The normalized spacial score (nSPS) is 19.7. The zero-order valence-electron chi connectivity index (χ0n) is 22.7. The number of aliphatic hydroxyl groups excluding tert-OH is 1. The maximum absolute atomic E-state index is 14.1. The number of ether oxygens (including phenoxy) is 2. The number of benzene rings is 3. The van der Waals surface area contributed by atoms with Crippen LogP contribution in [-0.4, -0.2) is 41.7 Å². The predicted molar refractivity (Wildman–Crippen MR) is 157 cm³/mol. The van der Waals surface area contributed by atoms with Crippen molar-refractivity contribution in [2.24, 2.45) is 10.1 Å². The fourth-order valence-corrected chi connectivity index (χ4v) is 4.81. The lowest BCUT2D eigenvalue weighted by Crippen LogP contribution is -2.49. The van der Waals surface area contributed by atoms with E-state index in [0.717, 1.165) is 29.5 Å². The molecule has 2 atom stereocenters. The number of amides is 1. The third kappa shape index (κ3) is 6.77. The second kappa shape index (κ2) is 13.2. The summed E-state index contributed by atoms with van der Waals surface area (Å²) in [6.07, 6.45) is 5.93. The average molecular weight is 552 g/mol. The zero-order valence-corrected chi connectivity index (χ0v) is 22.7. The minimum Gasteiger partial charge on any atom is -0.494 e. The largest absolute Gasteiger partial charge is 0.494 e. The highest BCUT2D eigenvalue weighted by Gasteiger charge is 2.53. The SMILES string of the molecule is [N-]=[N+]=NCc1ccccc1[C@H]1OC(c2ccc(OCCCO)cc2)=N[C@@]1(C/C=C/c1ccccc1)C(=O)NC1CC1. The molecule has 1 fully saturated rings. The molecule has 1 heterocycles. The number of aliphatic imine (C=N–C) groups is 1. The standard InChI is InChI=1S/C32H33N5O4/c33-37-34-22-25-11-4-5-12-28(25)29-32(31(39)35-26-15-16-26,19-6-10-23-8-2-1-3-9-23)36-30(41-29)24-13-17-27(18-14-24)40-21-7-20-38/h1-6,8-14,17-18,26,29,38H,7,15-16,19-22H2,(H,35,39)/b10-6+/t29-,32-/m1/s1. The number of hydrogen-bond acceptors (Lipinski definition) is 6. The van der Waals surface area contributed by atoms with E-state index >= 15 is 0 Å². The van der Waals surface area contributed by atoms with E-state index < -0.39 is 11.6 Å². The van der Waals surface area contributed by atoms with E-state index in [-0.39, 0.29) is 25.1 Å². The molecule has 0 unspecified atom stereocenters. The Morgan fingerprint density at radius 3 is 2.61 bits per heavy atom. The topological polar surface area (TPSA) is 129 Å². The van der Waals surface area contributed by atoms with Gasteiger partial charge in [0.15, 0.2) is 11.6 Å². The van der Waals surface area contributed by atoms with Gasteiger partial charge in [0.05, 0.1) is 13.2 Å². The molecular weight excluding hydrogens is 518 g/mol. The third-order valence-electron chi connectivity index (χ3n) is 7.12. The van der Waals surface area contributed by atoms with Gasteiger partial charge in [-0.3, -0.25) is 4.79 Å². The van der Waals surface area contributed by atoms with Gasteiger partial charge >= 0.3 is 0 Å². The van der Waals surface area contributed by atoms with Crippen LogP contribution in [0.3, 0.4) is 0 Å². The molecule has 41 heavy (non-hydrogen) atoms. The van der Waals surface area contributed by atoms with Crippen LogP contribution in [0, 0.1) is 0 Å². The lowest BCUT2D eigenvalue weighted by Gasteiger charge is -2.31. The number of aliphatic hydroxyl groups is 1. The molecule has 0 spiro atoms. The summed E-state index contributed by atoms with van der Waals surface area (Å²) in [5.41, 5.74) is 11.0. The molecule has 3 aromatic carbocycles. The first-order valence-corrected chi connectivity index (χ1v) is 13.8. The van der Waals surface area contributed by atoms with Gasteiger partial charge in [-0.15, -0.1) is 0 Å². The monoisotopic (exact) mass is 551 g/mol. The molecule has 3 aromatic rings. The van der Waals surface area contributed by atoms with Crippen molar-refractivity contribution in [3.63, 3.8) is 0 Å². The van der Waals surface area contributed by atoms with Crippen LogP contribution < -0.4 is 10.1 Å². The lowest BCUT2D eigenvalue weighted by molar-refractivity contribution is -0.129. The van der Waals surface area contributed by atoms with Crippen molar-refractivity contribution in [3.05, 3.63) is 118 Å². The molecule has 1 aliphatic carbocycles. The molecular formula is C32H33N5O4. The van der Waals surface area contributed by atoms with Crippen LogP contribution >= 0.6 is 0 Å². The summed E-state index contributed by atoms with van der Waals surface area (Å²) in [5, 5.41) is 16.0. The van der Waals surface area contributed by atoms with Crippen molar-refractivity contribution in [2.45, 2.75) is 49.9 Å². The molecule has 1 amide bonds. The molecule has 0 bridgehead atoms. The Kier molecular flexibility index (Phi) is 8.98. The third-order valence-corrected chi connectivity index (χ3v) is 7.12. The van der Waals surface area contributed by atoms with Crippen LogP contribution in [0.15, 0.2) is 95.0 Å². The molecule has 1 aliphatic heterocycles. The van der Waals surface area contributed by atoms with Crippen LogP contribution in [0.1, 0.15) is 54.0 Å². The van der Waals surface area contributed by atoms with Gasteiger partial charge in [-0.2, -0.15) is 0 Å². The molecule has 2 N–H and O–H groups in total. The van der Waals surface area contributed by atoms with E-state index in [2.05, 4.69) is 15.3 Å². The van der Waals surface area contributed by atoms with Gasteiger partial charge in [0.25, 0.3) is 5.91 Å². The minimum atomic E-state index is -1.29. The van der Waals surface area contributed by atoms with Gasteiger partial charge in [0.1, 0.15) is 5.75 Å². The fourth-order valence-electron chi connectivity index (χ4n) is 4.81. The summed E-state index contributed by atoms with van der Waals surface area (Å²) in [5.74, 6) is 0.829. The van der Waals surface area contributed by atoms with Crippen LogP contribution in [0.5, 0.6) is 5.75 Å². The van der Waals surface area contributed by atoms with E-state index in [1.54, 1.807) is 0 Å². The Bertz CT molecular complexity index is 1450. The maximum atomic E-state index is 14.1. The molecule has 210 valence electrons. The second-order valence-electron chi connectivity index (χ2n) is 10.1. The first-order chi connectivity index (χ1) is 20.1. The second-order valence-corrected chi connectivity index (χ2v) is 10.1. The Morgan fingerprint density at radius 2 is 1.88 bits per heavy atom. The zero-order chi connectivity index (χ0) is 28.5. The smallest absolute Gasteiger partial charge is 0.252 e. The van der Waals surface area contributed by atoms with E-state index in [4.69, 9.17) is 25.1 Å². The van der Waals surface area contributed by atoms with Gasteiger partial charge in [-0.1, -0.05) is 71.9 Å². The molecule has 5 rings (SSSR count). The van der Waals surface area contributed by atoms with E-state index in [1.807, 2.05) is 91.0 Å². The summed E-state index contributed by atoms with van der Waals surface area (Å²) in [7, 11) is 0. The Labute approximate surface area is 239 Å². The first-order valence-electron chi connectivity index (χ1n) is 13.8. The Morgan fingerprint density at radius 1 is 1.12 bits per heavy atom. The molecule has 9 nitrogen and oxygen atoms in total.